The van der Waals surface area contributed by atoms with Crippen molar-refractivity contribution in [1.29, 1.82) is 0 Å². The predicted molar refractivity (Wildman–Crippen MR) is 78.2 cm³/mol. The molecule has 0 fully saturated rings. The number of thiophene rings is 1. The zero-order valence-corrected chi connectivity index (χ0v) is 12.3. The van der Waals surface area contributed by atoms with Crippen LogP contribution in [0.5, 0.6) is 0 Å². The second-order valence-electron chi connectivity index (χ2n) is 3.29. The fourth-order valence-electron chi connectivity index (χ4n) is 1.30. The van der Waals surface area contributed by atoms with E-state index in [0.717, 1.165) is 9.47 Å². The third-order valence-electron chi connectivity index (χ3n) is 2.14. The van der Waals surface area contributed by atoms with Gasteiger partial charge in [-0.2, -0.15) is 0 Å². The molecule has 0 aliphatic heterocycles. The lowest BCUT2D eigenvalue weighted by Crippen LogP contribution is -2.09. The zero-order chi connectivity index (χ0) is 12.3. The SMILES string of the molecule is CSc1ccc(NC(=O)c2ccc(Br)s2)cc1. The summed E-state index contributed by atoms with van der Waals surface area (Å²) in [5.41, 5.74) is 0.817. The summed E-state index contributed by atoms with van der Waals surface area (Å²) in [7, 11) is 0. The minimum atomic E-state index is -0.0717. The highest BCUT2D eigenvalue weighted by atomic mass is 79.9. The van der Waals surface area contributed by atoms with Crippen LogP contribution in [0.1, 0.15) is 9.67 Å². The first-order valence-corrected chi connectivity index (χ1v) is 7.73. The second kappa shape index (κ2) is 5.71. The van der Waals surface area contributed by atoms with Gasteiger partial charge in [0.15, 0.2) is 0 Å². The van der Waals surface area contributed by atoms with E-state index in [4.69, 9.17) is 0 Å². The summed E-state index contributed by atoms with van der Waals surface area (Å²) in [6, 6.07) is 11.5. The maximum Gasteiger partial charge on any atom is 0.265 e. The normalized spacial score (nSPS) is 10.2. The quantitative estimate of drug-likeness (QED) is 0.842. The fourth-order valence-corrected chi connectivity index (χ4v) is 2.99. The highest BCUT2D eigenvalue weighted by Crippen LogP contribution is 2.23. The van der Waals surface area contributed by atoms with E-state index in [9.17, 15) is 4.79 Å². The average molecular weight is 328 g/mol. The summed E-state index contributed by atoms with van der Waals surface area (Å²) >= 11 is 6.44. The van der Waals surface area contributed by atoms with Crippen LogP contribution in [-0.2, 0) is 0 Å². The predicted octanol–water partition coefficient (Wildman–Crippen LogP) is 4.48. The van der Waals surface area contributed by atoms with Crippen LogP contribution in [0, 0.1) is 0 Å². The smallest absolute Gasteiger partial charge is 0.265 e. The van der Waals surface area contributed by atoms with Crippen molar-refractivity contribution >= 4 is 50.6 Å². The number of hydrogen-bond donors (Lipinski definition) is 1. The molecule has 1 aromatic heterocycles. The number of carbonyl (C=O) groups is 1. The molecule has 2 rings (SSSR count). The Balaban J connectivity index is 2.07. The van der Waals surface area contributed by atoms with Gasteiger partial charge in [0.1, 0.15) is 0 Å². The maximum absolute atomic E-state index is 11.9. The van der Waals surface area contributed by atoms with Crippen LogP contribution in [0.4, 0.5) is 5.69 Å². The first-order chi connectivity index (χ1) is 8.19. The molecule has 0 atom stereocenters. The molecule has 2 aromatic rings. The van der Waals surface area contributed by atoms with Crippen LogP contribution in [0.15, 0.2) is 45.1 Å². The first kappa shape index (κ1) is 12.7. The first-order valence-electron chi connectivity index (χ1n) is 4.90. The van der Waals surface area contributed by atoms with Gasteiger partial charge in [0.2, 0.25) is 0 Å². The summed E-state index contributed by atoms with van der Waals surface area (Å²) in [5, 5.41) is 2.86. The van der Waals surface area contributed by atoms with Crippen LogP contribution in [-0.4, -0.2) is 12.2 Å². The largest absolute Gasteiger partial charge is 0.321 e. The summed E-state index contributed by atoms with van der Waals surface area (Å²) in [6.07, 6.45) is 2.02. The third kappa shape index (κ3) is 3.34. The van der Waals surface area contributed by atoms with Gasteiger partial charge in [-0.05, 0) is 58.6 Å². The van der Waals surface area contributed by atoms with Crippen molar-refractivity contribution in [3.63, 3.8) is 0 Å². The molecule has 0 spiro atoms. The van der Waals surface area contributed by atoms with Gasteiger partial charge in [-0.25, -0.2) is 0 Å². The van der Waals surface area contributed by atoms with E-state index in [-0.39, 0.29) is 5.91 Å². The molecule has 88 valence electrons. The monoisotopic (exact) mass is 327 g/mol. The van der Waals surface area contributed by atoms with E-state index in [0.29, 0.717) is 4.88 Å². The van der Waals surface area contributed by atoms with Gasteiger partial charge in [-0.15, -0.1) is 23.1 Å². The van der Waals surface area contributed by atoms with Crippen LogP contribution in [0.2, 0.25) is 0 Å². The lowest BCUT2D eigenvalue weighted by molar-refractivity contribution is 0.103. The van der Waals surface area contributed by atoms with Gasteiger partial charge in [0.25, 0.3) is 5.91 Å². The summed E-state index contributed by atoms with van der Waals surface area (Å²) in [4.78, 5) is 13.7. The van der Waals surface area contributed by atoms with Gasteiger partial charge >= 0.3 is 0 Å². The number of nitrogens with one attached hydrogen (secondary N) is 1. The van der Waals surface area contributed by atoms with Crippen molar-refractivity contribution in [2.45, 2.75) is 4.90 Å². The molecule has 0 radical (unpaired) electrons. The molecule has 1 amide bonds. The Kier molecular flexibility index (Phi) is 4.25. The fraction of sp³-hybridized carbons (Fsp3) is 0.0833. The number of halogens is 1. The van der Waals surface area contributed by atoms with Crippen LogP contribution in [0.3, 0.4) is 0 Å². The van der Waals surface area contributed by atoms with E-state index in [1.165, 1.54) is 16.2 Å². The summed E-state index contributed by atoms with van der Waals surface area (Å²) in [5.74, 6) is -0.0717. The molecule has 5 heteroatoms. The Morgan fingerprint density at radius 1 is 1.24 bits per heavy atom. The number of benzene rings is 1. The van der Waals surface area contributed by atoms with E-state index in [1.54, 1.807) is 17.8 Å². The van der Waals surface area contributed by atoms with Crippen molar-refractivity contribution < 1.29 is 4.79 Å². The number of rotatable bonds is 3. The summed E-state index contributed by atoms with van der Waals surface area (Å²) in [6.45, 7) is 0. The topological polar surface area (TPSA) is 29.1 Å². The van der Waals surface area contributed by atoms with Crippen LogP contribution < -0.4 is 5.32 Å². The molecule has 0 bridgehead atoms. The Morgan fingerprint density at radius 3 is 2.47 bits per heavy atom. The highest BCUT2D eigenvalue weighted by molar-refractivity contribution is 9.11. The van der Waals surface area contributed by atoms with Crippen molar-refractivity contribution in [1.82, 2.24) is 0 Å². The van der Waals surface area contributed by atoms with Crippen molar-refractivity contribution in [3.8, 4) is 0 Å². The summed E-state index contributed by atoms with van der Waals surface area (Å²) < 4.78 is 0.959. The highest BCUT2D eigenvalue weighted by Gasteiger charge is 2.08. The van der Waals surface area contributed by atoms with Crippen molar-refractivity contribution in [2.75, 3.05) is 11.6 Å². The standard InChI is InChI=1S/C12H10BrNOS2/c1-16-9-4-2-8(3-5-9)14-12(15)10-6-7-11(13)17-10/h2-7H,1H3,(H,14,15). The van der Waals surface area contributed by atoms with Crippen molar-refractivity contribution in [3.05, 3.63) is 45.1 Å². The number of thioether (sulfide) groups is 1. The third-order valence-corrected chi connectivity index (χ3v) is 4.51. The van der Waals surface area contributed by atoms with Crippen molar-refractivity contribution in [2.24, 2.45) is 0 Å². The molecule has 0 saturated heterocycles. The molecule has 0 aliphatic rings. The molecule has 0 saturated carbocycles. The minimum absolute atomic E-state index is 0.0717. The molecule has 2 nitrogen and oxygen atoms in total. The molecule has 1 aromatic carbocycles. The van der Waals surface area contributed by atoms with Gasteiger partial charge in [0, 0.05) is 10.6 Å². The minimum Gasteiger partial charge on any atom is -0.321 e. The van der Waals surface area contributed by atoms with E-state index < -0.39 is 0 Å². The van der Waals surface area contributed by atoms with Gasteiger partial charge in [-0.1, -0.05) is 0 Å². The van der Waals surface area contributed by atoms with Gasteiger partial charge in [0.05, 0.1) is 8.66 Å². The molecule has 0 aliphatic carbocycles. The Labute approximate surface area is 117 Å². The van der Waals surface area contributed by atoms with E-state index >= 15 is 0 Å². The Hall–Kier alpha value is -0.780. The molecular formula is C12H10BrNOS2. The molecular weight excluding hydrogens is 318 g/mol. The number of amides is 1. The van der Waals surface area contributed by atoms with E-state index in [1.807, 2.05) is 36.6 Å². The Bertz CT molecular complexity index is 522. The zero-order valence-electron chi connectivity index (χ0n) is 9.07. The van der Waals surface area contributed by atoms with Crippen LogP contribution >= 0.6 is 39.0 Å². The molecule has 0 unspecified atom stereocenters. The molecule has 1 heterocycles. The molecule has 17 heavy (non-hydrogen) atoms. The Morgan fingerprint density at radius 2 is 1.94 bits per heavy atom. The molecule has 1 N–H and O–H groups in total. The van der Waals surface area contributed by atoms with Crippen LogP contribution in [0.25, 0.3) is 0 Å². The maximum atomic E-state index is 11.9. The average Bonchev–Trinajstić information content (AvgIpc) is 2.77. The lowest BCUT2D eigenvalue weighted by Gasteiger charge is -2.04. The van der Waals surface area contributed by atoms with E-state index in [2.05, 4.69) is 21.2 Å². The number of carbonyl (C=O) groups excluding carboxylic acids is 1. The van der Waals surface area contributed by atoms with Gasteiger partial charge < -0.3 is 5.32 Å². The number of anilines is 1. The number of hydrogen-bond acceptors (Lipinski definition) is 3. The van der Waals surface area contributed by atoms with Gasteiger partial charge in [-0.3, -0.25) is 4.79 Å². The second-order valence-corrected chi connectivity index (χ2v) is 6.63. The lowest BCUT2D eigenvalue weighted by atomic mass is 10.3.